The van der Waals surface area contributed by atoms with Crippen LogP contribution in [0.5, 0.6) is 0 Å². The van der Waals surface area contributed by atoms with Crippen LogP contribution in [0.15, 0.2) is 24.0 Å². The molecule has 2 heterocycles. The first kappa shape index (κ1) is 23.5. The number of nitrogens with zero attached hydrogens (tertiary/aromatic N) is 2. The third-order valence-electron chi connectivity index (χ3n) is 6.05. The number of rotatable bonds is 5. The number of amides is 1. The number of halogens is 3. The minimum absolute atomic E-state index is 0.0320. The molecular formula is C23H24F3N5O3. The molecule has 2 unspecified atom stereocenters. The van der Waals surface area contributed by atoms with E-state index in [9.17, 15) is 22.8 Å². The summed E-state index contributed by atoms with van der Waals surface area (Å²) in [6.45, 7) is 3.74. The molecule has 180 valence electrons. The second-order valence-corrected chi connectivity index (χ2v) is 8.41. The van der Waals surface area contributed by atoms with E-state index in [1.54, 1.807) is 19.9 Å². The number of aromatic nitrogens is 2. The number of hydrogen-bond donors (Lipinski definition) is 3. The van der Waals surface area contributed by atoms with Crippen LogP contribution >= 0.6 is 0 Å². The largest absolute Gasteiger partial charge is 0.500 e. The Labute approximate surface area is 193 Å². The van der Waals surface area contributed by atoms with Gasteiger partial charge in [-0.2, -0.15) is 13.2 Å². The van der Waals surface area contributed by atoms with Crippen molar-refractivity contribution in [3.8, 4) is 0 Å². The lowest BCUT2D eigenvalue weighted by Gasteiger charge is -2.28. The molecule has 1 fully saturated rings. The molecule has 8 nitrogen and oxygen atoms in total. The van der Waals surface area contributed by atoms with Crippen LogP contribution in [0.3, 0.4) is 0 Å². The van der Waals surface area contributed by atoms with Gasteiger partial charge in [0.2, 0.25) is 5.91 Å². The Balaban J connectivity index is 1.74. The van der Waals surface area contributed by atoms with Gasteiger partial charge in [-0.3, -0.25) is 9.59 Å². The van der Waals surface area contributed by atoms with Gasteiger partial charge in [-0.15, -0.1) is 0 Å². The number of benzene rings is 1. The third kappa shape index (κ3) is 4.29. The Morgan fingerprint density at radius 2 is 1.97 bits per heavy atom. The van der Waals surface area contributed by atoms with Crippen molar-refractivity contribution >= 4 is 29.3 Å². The third-order valence-corrected chi connectivity index (χ3v) is 6.05. The van der Waals surface area contributed by atoms with Crippen molar-refractivity contribution in [1.82, 2.24) is 15.3 Å². The number of carbonyl (C=O) groups is 2. The minimum Gasteiger partial charge on any atom is -0.500 e. The van der Waals surface area contributed by atoms with Crippen LogP contribution < -0.4 is 16.4 Å². The number of nitrogen functional groups attached to an aromatic ring is 1. The second kappa shape index (κ2) is 8.62. The number of fused-ring (bicyclic) bond motifs is 1. The van der Waals surface area contributed by atoms with E-state index in [0.29, 0.717) is 30.2 Å². The van der Waals surface area contributed by atoms with Crippen molar-refractivity contribution in [1.29, 1.82) is 0 Å². The van der Waals surface area contributed by atoms with E-state index in [4.69, 9.17) is 10.5 Å². The van der Waals surface area contributed by atoms with Crippen molar-refractivity contribution < 1.29 is 27.5 Å². The van der Waals surface area contributed by atoms with Gasteiger partial charge in [0.25, 0.3) is 0 Å². The number of hydrogen-bond acceptors (Lipinski definition) is 7. The molecule has 4 rings (SSSR count). The Hall–Kier alpha value is -3.63. The number of anilines is 2. The molecule has 1 aromatic heterocycles. The van der Waals surface area contributed by atoms with E-state index in [2.05, 4.69) is 20.6 Å². The number of carbonyl (C=O) groups excluding carboxylic acids is 2. The summed E-state index contributed by atoms with van der Waals surface area (Å²) in [4.78, 5) is 34.7. The van der Waals surface area contributed by atoms with Gasteiger partial charge in [-0.05, 0) is 44.0 Å². The molecule has 34 heavy (non-hydrogen) atoms. The van der Waals surface area contributed by atoms with Gasteiger partial charge < -0.3 is 21.1 Å². The quantitative estimate of drug-likeness (QED) is 0.567. The zero-order chi connectivity index (χ0) is 24.8. The number of allylic oxidation sites excluding steroid dienone is 1. The predicted octanol–water partition coefficient (Wildman–Crippen LogP) is 3.50. The van der Waals surface area contributed by atoms with Gasteiger partial charge in [0.05, 0.1) is 41.8 Å². The van der Waals surface area contributed by atoms with Crippen LogP contribution in [0.25, 0.3) is 6.08 Å². The van der Waals surface area contributed by atoms with E-state index >= 15 is 0 Å². The standard InChI is InChI=1S/C23H24F3N5O3/c1-10(12-6-13(23(24,25)26)8-14(27)7-12)29-21-19-16(30-11(2)31-21)9-17(34-3)18(20(19)32)15-4-5-28-22(15)33/h6-10,15,18H,4-5,27H2,1-3H3,(H,28,33)(H,29,30,31)/t10?,15-,18?/m0/s1. The maximum atomic E-state index is 13.6. The number of alkyl halides is 3. The highest BCUT2D eigenvalue weighted by molar-refractivity contribution is 6.10. The van der Waals surface area contributed by atoms with Crippen molar-refractivity contribution in [2.24, 2.45) is 11.8 Å². The van der Waals surface area contributed by atoms with E-state index in [1.807, 2.05) is 0 Å². The summed E-state index contributed by atoms with van der Waals surface area (Å²) >= 11 is 0. The van der Waals surface area contributed by atoms with Crippen molar-refractivity contribution in [3.63, 3.8) is 0 Å². The van der Waals surface area contributed by atoms with Gasteiger partial charge >= 0.3 is 6.18 Å². The zero-order valence-corrected chi connectivity index (χ0v) is 18.8. The van der Waals surface area contributed by atoms with Gasteiger partial charge in [0.1, 0.15) is 17.4 Å². The Morgan fingerprint density at radius 3 is 2.59 bits per heavy atom. The average molecular weight is 475 g/mol. The summed E-state index contributed by atoms with van der Waals surface area (Å²) < 4.78 is 45.2. The SMILES string of the molecule is COC1=Cc2nc(C)nc(NC(C)c3cc(N)cc(C(F)(F)F)c3)c2C(=O)C1[C@@H]1CCNC1=O. The van der Waals surface area contributed by atoms with Crippen LogP contribution in [0.2, 0.25) is 0 Å². The molecule has 1 aromatic carbocycles. The monoisotopic (exact) mass is 475 g/mol. The molecule has 0 radical (unpaired) electrons. The molecule has 11 heteroatoms. The normalized spacial score (nSPS) is 20.9. The molecule has 0 bridgehead atoms. The molecule has 3 atom stereocenters. The number of ketones is 1. The maximum absolute atomic E-state index is 13.6. The zero-order valence-electron chi connectivity index (χ0n) is 18.8. The van der Waals surface area contributed by atoms with Gasteiger partial charge in [-0.1, -0.05) is 0 Å². The van der Waals surface area contributed by atoms with E-state index in [0.717, 1.165) is 12.1 Å². The molecule has 1 amide bonds. The van der Waals surface area contributed by atoms with Gasteiger partial charge in [0, 0.05) is 18.3 Å². The Kier molecular flexibility index (Phi) is 5.96. The first-order valence-corrected chi connectivity index (χ1v) is 10.7. The highest BCUT2D eigenvalue weighted by Crippen LogP contribution is 2.39. The first-order chi connectivity index (χ1) is 16.0. The number of Topliss-reactive ketones (excluding diaryl/α,β-unsaturated/α-hetero) is 1. The van der Waals surface area contributed by atoms with E-state index in [1.165, 1.54) is 13.2 Å². The van der Waals surface area contributed by atoms with Crippen LogP contribution in [-0.4, -0.2) is 35.3 Å². The highest BCUT2D eigenvalue weighted by Gasteiger charge is 2.44. The number of aryl methyl sites for hydroxylation is 1. The molecule has 0 saturated carbocycles. The van der Waals surface area contributed by atoms with E-state index in [-0.39, 0.29) is 34.3 Å². The van der Waals surface area contributed by atoms with Gasteiger partial charge in [-0.25, -0.2) is 9.97 Å². The molecule has 1 saturated heterocycles. The summed E-state index contributed by atoms with van der Waals surface area (Å²) in [5.41, 5.74) is 5.58. The van der Waals surface area contributed by atoms with Crippen molar-refractivity contribution in [2.75, 3.05) is 24.7 Å². The molecule has 2 aliphatic rings. The first-order valence-electron chi connectivity index (χ1n) is 10.7. The number of methoxy groups -OCH3 is 1. The van der Waals surface area contributed by atoms with Crippen LogP contribution in [-0.2, 0) is 15.7 Å². The number of ether oxygens (including phenoxy) is 1. The molecule has 2 aromatic rings. The van der Waals surface area contributed by atoms with Crippen LogP contribution in [0.4, 0.5) is 24.7 Å². The molecule has 4 N–H and O–H groups in total. The summed E-state index contributed by atoms with van der Waals surface area (Å²) in [6.07, 6.45) is -2.47. The van der Waals surface area contributed by atoms with Crippen molar-refractivity contribution in [2.45, 2.75) is 32.5 Å². The summed E-state index contributed by atoms with van der Waals surface area (Å²) in [5, 5.41) is 5.78. The molecular weight excluding hydrogens is 451 g/mol. The van der Waals surface area contributed by atoms with Crippen LogP contribution in [0.1, 0.15) is 52.4 Å². The van der Waals surface area contributed by atoms with Gasteiger partial charge in [0.15, 0.2) is 5.78 Å². The second-order valence-electron chi connectivity index (χ2n) is 8.41. The van der Waals surface area contributed by atoms with Crippen LogP contribution in [0, 0.1) is 18.8 Å². The lowest BCUT2D eigenvalue weighted by atomic mass is 9.79. The molecule has 1 aliphatic carbocycles. The highest BCUT2D eigenvalue weighted by atomic mass is 19.4. The number of nitrogens with one attached hydrogen (secondary N) is 2. The fourth-order valence-corrected chi connectivity index (χ4v) is 4.43. The summed E-state index contributed by atoms with van der Waals surface area (Å²) in [5.74, 6) is -1.19. The Morgan fingerprint density at radius 1 is 1.24 bits per heavy atom. The lowest BCUT2D eigenvalue weighted by molar-refractivity contribution is -0.137. The Bertz CT molecular complexity index is 1200. The lowest BCUT2D eigenvalue weighted by Crippen LogP contribution is -2.35. The minimum atomic E-state index is -4.55. The van der Waals surface area contributed by atoms with E-state index < -0.39 is 29.6 Å². The van der Waals surface area contributed by atoms with Crippen molar-refractivity contribution in [3.05, 3.63) is 52.2 Å². The smallest absolute Gasteiger partial charge is 0.416 e. The maximum Gasteiger partial charge on any atom is 0.416 e. The topological polar surface area (TPSA) is 119 Å². The average Bonchev–Trinajstić information content (AvgIpc) is 3.17. The predicted molar refractivity (Wildman–Crippen MR) is 119 cm³/mol. The fraction of sp³-hybridized carbons (Fsp3) is 0.391. The summed E-state index contributed by atoms with van der Waals surface area (Å²) in [7, 11) is 1.43. The molecule has 1 aliphatic heterocycles. The molecule has 0 spiro atoms. The summed E-state index contributed by atoms with van der Waals surface area (Å²) in [6, 6.07) is 2.64. The number of nitrogens with two attached hydrogens (primary N) is 1. The fourth-order valence-electron chi connectivity index (χ4n) is 4.43.